The third kappa shape index (κ3) is 7.18. The summed E-state index contributed by atoms with van der Waals surface area (Å²) in [5.74, 6) is 0. The highest BCUT2D eigenvalue weighted by Gasteiger charge is 2.24. The number of rotatable bonds is 5. The van der Waals surface area contributed by atoms with Gasteiger partial charge in [-0.25, -0.2) is 4.79 Å². The van der Waals surface area contributed by atoms with E-state index in [1.807, 2.05) is 40.7 Å². The summed E-state index contributed by atoms with van der Waals surface area (Å²) in [6.45, 7) is 11.0. The molecule has 1 amide bonds. The Hall–Kier alpha value is -1.07. The molecule has 108 valence electrons. The number of thiophene rings is 1. The maximum Gasteiger partial charge on any atom is 0.408 e. The van der Waals surface area contributed by atoms with Gasteiger partial charge in [-0.1, -0.05) is 6.07 Å². The maximum atomic E-state index is 11.7. The van der Waals surface area contributed by atoms with Crippen LogP contribution in [0.25, 0.3) is 0 Å². The van der Waals surface area contributed by atoms with Crippen LogP contribution >= 0.6 is 11.3 Å². The molecule has 0 saturated carbocycles. The van der Waals surface area contributed by atoms with E-state index >= 15 is 0 Å². The second-order valence-electron chi connectivity index (χ2n) is 6.19. The average Bonchev–Trinajstić information content (AvgIpc) is 2.65. The summed E-state index contributed by atoms with van der Waals surface area (Å²) in [4.78, 5) is 13.0. The van der Waals surface area contributed by atoms with Crippen LogP contribution < -0.4 is 10.6 Å². The van der Waals surface area contributed by atoms with E-state index < -0.39 is 5.60 Å². The van der Waals surface area contributed by atoms with Crippen LogP contribution in [0.5, 0.6) is 0 Å². The lowest BCUT2D eigenvalue weighted by molar-refractivity contribution is 0.0472. The summed E-state index contributed by atoms with van der Waals surface area (Å²) >= 11 is 1.72. The lowest BCUT2D eigenvalue weighted by Gasteiger charge is -2.28. The Morgan fingerprint density at radius 2 is 2.00 bits per heavy atom. The fraction of sp³-hybridized carbons (Fsp3) is 0.643. The van der Waals surface area contributed by atoms with Gasteiger partial charge in [0.2, 0.25) is 0 Å². The molecular formula is C14H24N2O2S. The molecule has 1 aromatic heterocycles. The lowest BCUT2D eigenvalue weighted by Crippen LogP contribution is -2.51. The monoisotopic (exact) mass is 284 g/mol. The van der Waals surface area contributed by atoms with E-state index in [0.29, 0.717) is 6.54 Å². The normalized spacial score (nSPS) is 12.3. The van der Waals surface area contributed by atoms with Crippen molar-refractivity contribution >= 4 is 17.4 Å². The first-order valence-electron chi connectivity index (χ1n) is 6.42. The molecule has 0 unspecified atom stereocenters. The first kappa shape index (κ1) is 16.0. The molecule has 4 nitrogen and oxygen atoms in total. The molecule has 0 saturated heterocycles. The van der Waals surface area contributed by atoms with Crippen LogP contribution in [0.3, 0.4) is 0 Å². The first-order valence-corrected chi connectivity index (χ1v) is 7.30. The fourth-order valence-corrected chi connectivity index (χ4v) is 2.21. The van der Waals surface area contributed by atoms with E-state index in [4.69, 9.17) is 4.74 Å². The number of nitrogens with one attached hydrogen (secondary N) is 2. The quantitative estimate of drug-likeness (QED) is 0.873. The second-order valence-corrected chi connectivity index (χ2v) is 7.23. The molecular weight excluding hydrogens is 260 g/mol. The molecule has 19 heavy (non-hydrogen) atoms. The van der Waals surface area contributed by atoms with Gasteiger partial charge < -0.3 is 15.4 Å². The van der Waals surface area contributed by atoms with Crippen LogP contribution in [-0.4, -0.2) is 23.8 Å². The van der Waals surface area contributed by atoms with Crippen molar-refractivity contribution in [3.05, 3.63) is 22.4 Å². The summed E-state index contributed by atoms with van der Waals surface area (Å²) in [5, 5.41) is 8.27. The molecule has 0 aromatic carbocycles. The number of amides is 1. The molecule has 0 aliphatic heterocycles. The molecule has 0 aliphatic carbocycles. The van der Waals surface area contributed by atoms with E-state index in [-0.39, 0.29) is 11.6 Å². The second kappa shape index (κ2) is 6.39. The van der Waals surface area contributed by atoms with Crippen molar-refractivity contribution in [2.45, 2.75) is 52.3 Å². The molecule has 0 fully saturated rings. The molecule has 0 atom stereocenters. The molecule has 0 radical (unpaired) electrons. The molecule has 5 heteroatoms. The average molecular weight is 284 g/mol. The smallest absolute Gasteiger partial charge is 0.408 e. The van der Waals surface area contributed by atoms with Crippen molar-refractivity contribution in [2.24, 2.45) is 0 Å². The first-order chi connectivity index (χ1) is 8.68. The SMILES string of the molecule is CC(C)(CNCc1cccs1)NC(=O)OC(C)(C)C. The van der Waals surface area contributed by atoms with Crippen molar-refractivity contribution in [3.8, 4) is 0 Å². The number of hydrogen-bond acceptors (Lipinski definition) is 4. The highest BCUT2D eigenvalue weighted by atomic mass is 32.1. The van der Waals surface area contributed by atoms with Crippen LogP contribution in [0, 0.1) is 0 Å². The van der Waals surface area contributed by atoms with E-state index in [1.165, 1.54) is 4.88 Å². The van der Waals surface area contributed by atoms with Gasteiger partial charge in [0.25, 0.3) is 0 Å². The zero-order chi connectivity index (χ0) is 14.5. The molecule has 1 rings (SSSR count). The van der Waals surface area contributed by atoms with E-state index in [0.717, 1.165) is 6.54 Å². The van der Waals surface area contributed by atoms with Gasteiger partial charge in [-0.3, -0.25) is 0 Å². The van der Waals surface area contributed by atoms with Crippen LogP contribution in [0.2, 0.25) is 0 Å². The van der Waals surface area contributed by atoms with Crippen LogP contribution in [-0.2, 0) is 11.3 Å². The van der Waals surface area contributed by atoms with Crippen molar-refractivity contribution < 1.29 is 9.53 Å². The number of ether oxygens (including phenoxy) is 1. The third-order valence-electron chi connectivity index (χ3n) is 2.29. The van der Waals surface area contributed by atoms with Crippen molar-refractivity contribution in [1.82, 2.24) is 10.6 Å². The predicted octanol–water partition coefficient (Wildman–Crippen LogP) is 3.14. The summed E-state index contributed by atoms with van der Waals surface area (Å²) in [7, 11) is 0. The minimum absolute atomic E-state index is 0.348. The van der Waals surface area contributed by atoms with Gasteiger partial charge in [-0.15, -0.1) is 11.3 Å². The standard InChI is InChI=1S/C14H24N2O2S/c1-13(2,3)18-12(17)16-14(4,5)10-15-9-11-7-6-8-19-11/h6-8,15H,9-10H2,1-5H3,(H,16,17). The van der Waals surface area contributed by atoms with Crippen molar-refractivity contribution in [3.63, 3.8) is 0 Å². The zero-order valence-electron chi connectivity index (χ0n) is 12.4. The van der Waals surface area contributed by atoms with Crippen molar-refractivity contribution in [2.75, 3.05) is 6.54 Å². The Bertz CT molecular complexity index is 394. The van der Waals surface area contributed by atoms with Gasteiger partial charge >= 0.3 is 6.09 Å². The Morgan fingerprint density at radius 1 is 1.32 bits per heavy atom. The van der Waals surface area contributed by atoms with Crippen LogP contribution in [0.1, 0.15) is 39.5 Å². The minimum atomic E-state index is -0.468. The van der Waals surface area contributed by atoms with Crippen LogP contribution in [0.15, 0.2) is 17.5 Å². The molecule has 0 aliphatic rings. The number of hydrogen-bond donors (Lipinski definition) is 2. The lowest BCUT2D eigenvalue weighted by atomic mass is 10.1. The Kier molecular flexibility index (Phi) is 5.38. The molecule has 0 spiro atoms. The molecule has 2 N–H and O–H groups in total. The molecule has 0 bridgehead atoms. The Morgan fingerprint density at radius 3 is 2.53 bits per heavy atom. The number of carbonyl (C=O) groups excluding carboxylic acids is 1. The Labute approximate surface area is 119 Å². The summed E-state index contributed by atoms with van der Waals surface area (Å²) in [5.41, 5.74) is -0.815. The maximum absolute atomic E-state index is 11.7. The molecule has 1 heterocycles. The van der Waals surface area contributed by atoms with E-state index in [2.05, 4.69) is 22.1 Å². The van der Waals surface area contributed by atoms with Gasteiger partial charge in [0.1, 0.15) is 5.60 Å². The zero-order valence-corrected chi connectivity index (χ0v) is 13.2. The fourth-order valence-electron chi connectivity index (χ4n) is 1.54. The highest BCUT2D eigenvalue weighted by molar-refractivity contribution is 7.09. The minimum Gasteiger partial charge on any atom is -0.444 e. The van der Waals surface area contributed by atoms with Crippen molar-refractivity contribution in [1.29, 1.82) is 0 Å². The van der Waals surface area contributed by atoms with Gasteiger partial charge in [-0.2, -0.15) is 0 Å². The topological polar surface area (TPSA) is 50.4 Å². The van der Waals surface area contributed by atoms with Gasteiger partial charge in [0.05, 0.1) is 5.54 Å². The number of alkyl carbamates (subject to hydrolysis) is 1. The van der Waals surface area contributed by atoms with E-state index in [9.17, 15) is 4.79 Å². The summed E-state index contributed by atoms with van der Waals surface area (Å²) in [6.07, 6.45) is -0.379. The largest absolute Gasteiger partial charge is 0.444 e. The summed E-state index contributed by atoms with van der Waals surface area (Å²) in [6, 6.07) is 4.12. The van der Waals surface area contributed by atoms with Gasteiger partial charge in [0.15, 0.2) is 0 Å². The Balaban J connectivity index is 2.32. The van der Waals surface area contributed by atoms with Gasteiger partial charge in [-0.05, 0) is 46.1 Å². The van der Waals surface area contributed by atoms with Crippen LogP contribution in [0.4, 0.5) is 4.79 Å². The third-order valence-corrected chi connectivity index (χ3v) is 3.16. The highest BCUT2D eigenvalue weighted by Crippen LogP contribution is 2.10. The predicted molar refractivity (Wildman–Crippen MR) is 79.5 cm³/mol. The number of carbonyl (C=O) groups is 1. The van der Waals surface area contributed by atoms with E-state index in [1.54, 1.807) is 11.3 Å². The van der Waals surface area contributed by atoms with Gasteiger partial charge in [0, 0.05) is 18.0 Å². The molecule has 1 aromatic rings. The summed E-state index contributed by atoms with van der Waals surface area (Å²) < 4.78 is 5.25.